The fourth-order valence-electron chi connectivity index (χ4n) is 2.90. The van der Waals surface area contributed by atoms with Crippen LogP contribution in [0.1, 0.15) is 6.42 Å². The summed E-state index contributed by atoms with van der Waals surface area (Å²) in [4.78, 5) is 14.5. The van der Waals surface area contributed by atoms with E-state index in [0.29, 0.717) is 44.4 Å². The van der Waals surface area contributed by atoms with Gasteiger partial charge in [0.2, 0.25) is 16.0 Å². The predicted molar refractivity (Wildman–Crippen MR) is 97.3 cm³/mol. The third-order valence-electron chi connectivity index (χ3n) is 4.07. The topological polar surface area (TPSA) is 81.7 Å². The molecule has 25 heavy (non-hydrogen) atoms. The third kappa shape index (κ3) is 6.05. The number of halogens is 1. The molecule has 1 N–H and O–H groups in total. The summed E-state index contributed by atoms with van der Waals surface area (Å²) >= 11 is 0. The van der Waals surface area contributed by atoms with Crippen LogP contribution in [0.15, 0.2) is 12.3 Å². The predicted octanol–water partition coefficient (Wildman–Crippen LogP) is -0.0596. The summed E-state index contributed by atoms with van der Waals surface area (Å²) in [5, 5.41) is 0. The van der Waals surface area contributed by atoms with Gasteiger partial charge in [-0.15, -0.1) is 0 Å². The smallest absolute Gasteiger partial charge is 0.226 e. The first-order valence-electron chi connectivity index (χ1n) is 8.20. The van der Waals surface area contributed by atoms with Gasteiger partial charge in [-0.25, -0.2) is 22.5 Å². The van der Waals surface area contributed by atoms with Gasteiger partial charge in [-0.1, -0.05) is 0 Å². The van der Waals surface area contributed by atoms with Crippen molar-refractivity contribution in [3.63, 3.8) is 0 Å². The first kappa shape index (κ1) is 19.8. The largest absolute Gasteiger partial charge is 0.349 e. The molecule has 10 heteroatoms. The standard InChI is InChI=1S/C15H27FN6O2S/c1-20(2)15-17-6-5-14(19-15)22-10-12(16)9-13(22)11-21(3)8-7-18-25(4,23)24/h5-6,12-13,18H,7-11H2,1-4H3/t12-,13-/m0/s1. The number of nitrogens with zero attached hydrogens (tertiary/aromatic N) is 5. The molecule has 0 saturated carbocycles. The van der Waals surface area contributed by atoms with E-state index in [2.05, 4.69) is 14.7 Å². The second kappa shape index (κ2) is 8.24. The molecule has 0 unspecified atom stereocenters. The van der Waals surface area contributed by atoms with Crippen molar-refractivity contribution in [1.82, 2.24) is 19.6 Å². The van der Waals surface area contributed by atoms with E-state index in [1.807, 2.05) is 35.8 Å². The Balaban J connectivity index is 2.00. The van der Waals surface area contributed by atoms with E-state index in [-0.39, 0.29) is 6.04 Å². The van der Waals surface area contributed by atoms with Gasteiger partial charge >= 0.3 is 0 Å². The third-order valence-corrected chi connectivity index (χ3v) is 4.79. The minimum absolute atomic E-state index is 0.0110. The molecule has 0 amide bonds. The lowest BCUT2D eigenvalue weighted by Crippen LogP contribution is -2.42. The Morgan fingerprint density at radius 2 is 2.12 bits per heavy atom. The lowest BCUT2D eigenvalue weighted by molar-refractivity contribution is 0.299. The molecule has 0 aromatic carbocycles. The highest BCUT2D eigenvalue weighted by Crippen LogP contribution is 2.27. The van der Waals surface area contributed by atoms with Gasteiger partial charge in [0, 0.05) is 52.4 Å². The highest BCUT2D eigenvalue weighted by molar-refractivity contribution is 7.88. The van der Waals surface area contributed by atoms with Crippen molar-refractivity contribution in [2.24, 2.45) is 0 Å². The summed E-state index contributed by atoms with van der Waals surface area (Å²) in [5.41, 5.74) is 0. The van der Waals surface area contributed by atoms with Crippen LogP contribution in [0.25, 0.3) is 0 Å². The van der Waals surface area contributed by atoms with Gasteiger partial charge in [0.15, 0.2) is 0 Å². The minimum Gasteiger partial charge on any atom is -0.349 e. The van der Waals surface area contributed by atoms with E-state index in [9.17, 15) is 12.8 Å². The van der Waals surface area contributed by atoms with Crippen molar-refractivity contribution in [3.05, 3.63) is 12.3 Å². The molecular weight excluding hydrogens is 347 g/mol. The summed E-state index contributed by atoms with van der Waals surface area (Å²) in [6, 6.07) is 1.78. The number of likely N-dealkylation sites (N-methyl/N-ethyl adjacent to an activating group) is 1. The van der Waals surface area contributed by atoms with E-state index in [1.54, 1.807) is 12.3 Å². The number of nitrogens with one attached hydrogen (secondary N) is 1. The van der Waals surface area contributed by atoms with Crippen LogP contribution < -0.4 is 14.5 Å². The second-order valence-electron chi connectivity index (χ2n) is 6.68. The van der Waals surface area contributed by atoms with Crippen LogP contribution in [-0.2, 0) is 10.0 Å². The van der Waals surface area contributed by atoms with Gasteiger partial charge in [-0.05, 0) is 13.1 Å². The number of sulfonamides is 1. The molecule has 2 heterocycles. The van der Waals surface area contributed by atoms with E-state index in [1.165, 1.54) is 0 Å². The maximum atomic E-state index is 14.0. The van der Waals surface area contributed by atoms with Crippen LogP contribution in [0.3, 0.4) is 0 Å². The van der Waals surface area contributed by atoms with E-state index < -0.39 is 16.2 Å². The molecule has 8 nitrogen and oxygen atoms in total. The maximum Gasteiger partial charge on any atom is 0.226 e. The van der Waals surface area contributed by atoms with Gasteiger partial charge in [0.25, 0.3) is 0 Å². The molecule has 0 spiro atoms. The molecule has 2 atom stereocenters. The number of aromatic nitrogens is 2. The lowest BCUT2D eigenvalue weighted by Gasteiger charge is -2.29. The quantitative estimate of drug-likeness (QED) is 0.683. The molecule has 1 fully saturated rings. The Labute approximate surface area is 149 Å². The number of alkyl halides is 1. The maximum absolute atomic E-state index is 14.0. The Kier molecular flexibility index (Phi) is 6.53. The average molecular weight is 374 g/mol. The fraction of sp³-hybridized carbons (Fsp3) is 0.733. The van der Waals surface area contributed by atoms with Crippen molar-refractivity contribution in [2.75, 3.05) is 63.4 Å². The monoisotopic (exact) mass is 374 g/mol. The van der Waals surface area contributed by atoms with Crippen molar-refractivity contribution < 1.29 is 12.8 Å². The highest BCUT2D eigenvalue weighted by atomic mass is 32.2. The molecule has 1 aliphatic heterocycles. The highest BCUT2D eigenvalue weighted by Gasteiger charge is 2.33. The number of hydrogen-bond donors (Lipinski definition) is 1. The molecule has 0 aliphatic carbocycles. The zero-order valence-electron chi connectivity index (χ0n) is 15.2. The zero-order chi connectivity index (χ0) is 18.6. The summed E-state index contributed by atoms with van der Waals surface area (Å²) in [7, 11) is 2.43. The second-order valence-corrected chi connectivity index (χ2v) is 8.51. The van der Waals surface area contributed by atoms with Gasteiger partial charge in [-0.2, -0.15) is 4.98 Å². The van der Waals surface area contributed by atoms with E-state index >= 15 is 0 Å². The first-order chi connectivity index (χ1) is 11.7. The number of hydrogen-bond acceptors (Lipinski definition) is 7. The molecule has 0 radical (unpaired) electrons. The molecule has 142 valence electrons. The lowest BCUT2D eigenvalue weighted by atomic mass is 10.2. The molecule has 1 aliphatic rings. The van der Waals surface area contributed by atoms with Crippen molar-refractivity contribution in [1.29, 1.82) is 0 Å². The van der Waals surface area contributed by atoms with Crippen LogP contribution in [0.4, 0.5) is 16.2 Å². The van der Waals surface area contributed by atoms with E-state index in [4.69, 9.17) is 0 Å². The first-order valence-corrected chi connectivity index (χ1v) is 10.1. The van der Waals surface area contributed by atoms with Gasteiger partial charge in [0.05, 0.1) is 12.8 Å². The van der Waals surface area contributed by atoms with Crippen LogP contribution >= 0.6 is 0 Å². The molecule has 1 aromatic rings. The average Bonchev–Trinajstić information content (AvgIpc) is 2.86. The zero-order valence-corrected chi connectivity index (χ0v) is 16.0. The van der Waals surface area contributed by atoms with Gasteiger partial charge in [0.1, 0.15) is 12.0 Å². The fourth-order valence-corrected chi connectivity index (χ4v) is 3.36. The molecular formula is C15H27FN6O2S. The Hall–Kier alpha value is -1.52. The van der Waals surface area contributed by atoms with Crippen LogP contribution in [0, 0.1) is 0 Å². The molecule has 1 aromatic heterocycles. The summed E-state index contributed by atoms with van der Waals surface area (Å²) < 4.78 is 38.7. The van der Waals surface area contributed by atoms with E-state index in [0.717, 1.165) is 6.26 Å². The summed E-state index contributed by atoms with van der Waals surface area (Å²) in [6.45, 7) is 1.83. The van der Waals surface area contributed by atoms with Crippen LogP contribution in [0.2, 0.25) is 0 Å². The van der Waals surface area contributed by atoms with Crippen LogP contribution in [0.5, 0.6) is 0 Å². The Bertz CT molecular complexity index is 672. The van der Waals surface area contributed by atoms with Crippen LogP contribution in [-0.4, -0.2) is 89.1 Å². The Morgan fingerprint density at radius 3 is 2.76 bits per heavy atom. The molecule has 1 saturated heterocycles. The number of anilines is 2. The molecule has 2 rings (SSSR count). The van der Waals surface area contributed by atoms with Crippen molar-refractivity contribution >= 4 is 21.8 Å². The van der Waals surface area contributed by atoms with Crippen molar-refractivity contribution in [3.8, 4) is 0 Å². The molecule has 0 bridgehead atoms. The van der Waals surface area contributed by atoms with Gasteiger partial charge < -0.3 is 14.7 Å². The minimum atomic E-state index is -3.19. The Morgan fingerprint density at radius 1 is 1.40 bits per heavy atom. The SMILES string of the molecule is CN(CCNS(C)(=O)=O)C[C@@H]1C[C@H](F)CN1c1ccnc(N(C)C)n1. The number of rotatable bonds is 8. The van der Waals surface area contributed by atoms with Crippen molar-refractivity contribution in [2.45, 2.75) is 18.6 Å². The summed E-state index contributed by atoms with van der Waals surface area (Å²) in [5.74, 6) is 1.30. The normalized spacial score (nSPS) is 21.1. The summed E-state index contributed by atoms with van der Waals surface area (Å²) in [6.07, 6.45) is 2.35. The van der Waals surface area contributed by atoms with Gasteiger partial charge in [-0.3, -0.25) is 0 Å².